The van der Waals surface area contributed by atoms with E-state index in [-0.39, 0.29) is 24.0 Å². The van der Waals surface area contributed by atoms with E-state index in [1.807, 2.05) is 19.2 Å². The number of aromatic amines is 1. The van der Waals surface area contributed by atoms with Crippen LogP contribution in [0.15, 0.2) is 23.2 Å². The molecule has 6 nitrogen and oxygen atoms in total. The molecule has 8 heteroatoms. The van der Waals surface area contributed by atoms with Crippen molar-refractivity contribution in [1.29, 1.82) is 0 Å². The average molecular weight is 518 g/mol. The number of hydrogen-bond acceptors (Lipinski definition) is 4. The molecule has 1 aliphatic heterocycles. The number of guanidine groups is 1. The Morgan fingerprint density at radius 2 is 2.11 bits per heavy atom. The van der Waals surface area contributed by atoms with Gasteiger partial charge in [0.1, 0.15) is 11.5 Å². The van der Waals surface area contributed by atoms with Gasteiger partial charge in [-0.05, 0) is 37.5 Å². The number of fused-ring (bicyclic) bond motifs is 1. The van der Waals surface area contributed by atoms with Crippen molar-refractivity contribution in [3.05, 3.63) is 23.9 Å². The fourth-order valence-corrected chi connectivity index (χ4v) is 4.58. The largest absolute Gasteiger partial charge is 0.497 e. The maximum Gasteiger partial charge on any atom is 0.191 e. The Balaban J connectivity index is 0.00000280. The lowest BCUT2D eigenvalue weighted by atomic mass is 10.2. The van der Waals surface area contributed by atoms with E-state index >= 15 is 0 Å². The molecule has 28 heavy (non-hydrogen) atoms. The lowest BCUT2D eigenvalue weighted by Gasteiger charge is -2.14. The predicted octanol–water partition coefficient (Wildman–Crippen LogP) is 3.80. The van der Waals surface area contributed by atoms with Gasteiger partial charge in [0.25, 0.3) is 0 Å². The van der Waals surface area contributed by atoms with Crippen LogP contribution in [0.1, 0.15) is 25.0 Å². The summed E-state index contributed by atoms with van der Waals surface area (Å²) in [6, 6.07) is 6.09. The number of benzene rings is 1. The van der Waals surface area contributed by atoms with Gasteiger partial charge < -0.3 is 25.1 Å². The SMILES string of the molecule is CN=C(NCCCc1cc2c(OC)cc(OC)cc2[nH]1)NCC1CCCS1.I. The summed E-state index contributed by atoms with van der Waals surface area (Å²) in [5.74, 6) is 3.81. The summed E-state index contributed by atoms with van der Waals surface area (Å²) in [6.45, 7) is 1.88. The maximum atomic E-state index is 5.49. The standard InChI is InChI=1S/C20H30N4O2S.HI/c1-21-20(23-13-16-7-5-9-27-16)22-8-4-6-14-10-17-18(24-14)11-15(25-2)12-19(17)26-3;/h10-12,16,24H,4-9,13H2,1-3H3,(H2,21,22,23);1H. The zero-order chi connectivity index (χ0) is 19.1. The third-order valence-electron chi connectivity index (χ3n) is 4.85. The topological polar surface area (TPSA) is 70.7 Å². The molecule has 1 aliphatic rings. The molecule has 2 aromatic rings. The molecule has 0 radical (unpaired) electrons. The Morgan fingerprint density at radius 1 is 1.25 bits per heavy atom. The molecule has 0 amide bonds. The van der Waals surface area contributed by atoms with E-state index in [0.717, 1.165) is 59.5 Å². The van der Waals surface area contributed by atoms with Crippen LogP contribution < -0.4 is 20.1 Å². The smallest absolute Gasteiger partial charge is 0.191 e. The lowest BCUT2D eigenvalue weighted by Crippen LogP contribution is -2.40. The van der Waals surface area contributed by atoms with Gasteiger partial charge >= 0.3 is 0 Å². The average Bonchev–Trinajstić information content (AvgIpc) is 3.35. The van der Waals surface area contributed by atoms with E-state index < -0.39 is 0 Å². The molecule has 3 N–H and O–H groups in total. The second-order valence-electron chi connectivity index (χ2n) is 6.70. The highest BCUT2D eigenvalue weighted by Crippen LogP contribution is 2.31. The molecule has 1 aromatic carbocycles. The fourth-order valence-electron chi connectivity index (χ4n) is 3.38. The summed E-state index contributed by atoms with van der Waals surface area (Å²) in [4.78, 5) is 7.79. The molecule has 156 valence electrons. The second kappa shape index (κ2) is 11.6. The number of aromatic nitrogens is 1. The van der Waals surface area contributed by atoms with E-state index in [0.29, 0.717) is 0 Å². The minimum Gasteiger partial charge on any atom is -0.497 e. The first kappa shape index (κ1) is 23.0. The Morgan fingerprint density at radius 3 is 2.79 bits per heavy atom. The number of ether oxygens (including phenoxy) is 2. The summed E-state index contributed by atoms with van der Waals surface area (Å²) in [5, 5.41) is 8.66. The summed E-state index contributed by atoms with van der Waals surface area (Å²) in [6.07, 6.45) is 4.63. The van der Waals surface area contributed by atoms with Crippen molar-refractivity contribution in [3.63, 3.8) is 0 Å². The number of nitrogens with one attached hydrogen (secondary N) is 3. The maximum absolute atomic E-state index is 5.49. The molecule has 0 bridgehead atoms. The fraction of sp³-hybridized carbons (Fsp3) is 0.550. The molecule has 0 spiro atoms. The van der Waals surface area contributed by atoms with Gasteiger partial charge in [-0.15, -0.1) is 24.0 Å². The van der Waals surface area contributed by atoms with Crippen LogP contribution in [-0.4, -0.2) is 56.3 Å². The van der Waals surface area contributed by atoms with Crippen LogP contribution in [0, 0.1) is 0 Å². The number of rotatable bonds is 8. The Kier molecular flexibility index (Phi) is 9.57. The van der Waals surface area contributed by atoms with Crippen LogP contribution in [0.4, 0.5) is 0 Å². The number of methoxy groups -OCH3 is 2. The van der Waals surface area contributed by atoms with Crippen LogP contribution >= 0.6 is 35.7 Å². The zero-order valence-corrected chi connectivity index (χ0v) is 20.0. The summed E-state index contributed by atoms with van der Waals surface area (Å²) < 4.78 is 10.8. The molecule has 3 rings (SSSR count). The van der Waals surface area contributed by atoms with E-state index in [2.05, 4.69) is 38.4 Å². The number of thioether (sulfide) groups is 1. The minimum atomic E-state index is 0. The first-order chi connectivity index (χ1) is 13.2. The second-order valence-corrected chi connectivity index (χ2v) is 8.11. The number of aliphatic imine (C=N–C) groups is 1. The number of aryl methyl sites for hydroxylation is 1. The molecule has 1 unspecified atom stereocenters. The van der Waals surface area contributed by atoms with Crippen LogP contribution in [-0.2, 0) is 6.42 Å². The third-order valence-corrected chi connectivity index (χ3v) is 6.24. The Bertz CT molecular complexity index is 775. The van der Waals surface area contributed by atoms with E-state index in [1.54, 1.807) is 14.2 Å². The minimum absolute atomic E-state index is 0. The van der Waals surface area contributed by atoms with Crippen LogP contribution in [0.25, 0.3) is 10.9 Å². The Labute approximate surface area is 188 Å². The normalized spacial score (nSPS) is 16.7. The van der Waals surface area contributed by atoms with Gasteiger partial charge in [-0.1, -0.05) is 0 Å². The summed E-state index contributed by atoms with van der Waals surface area (Å²) >= 11 is 2.06. The van der Waals surface area contributed by atoms with Crippen molar-refractivity contribution in [1.82, 2.24) is 15.6 Å². The van der Waals surface area contributed by atoms with Gasteiger partial charge in [0, 0.05) is 48.6 Å². The molecule has 1 aromatic heterocycles. The van der Waals surface area contributed by atoms with Crippen molar-refractivity contribution < 1.29 is 9.47 Å². The molecular formula is C20H31IN4O2S. The van der Waals surface area contributed by atoms with Crippen LogP contribution in [0.5, 0.6) is 11.5 Å². The number of H-pyrrole nitrogens is 1. The highest BCUT2D eigenvalue weighted by molar-refractivity contribution is 14.0. The number of hydrogen-bond donors (Lipinski definition) is 3. The quantitative estimate of drug-likeness (QED) is 0.215. The predicted molar refractivity (Wildman–Crippen MR) is 130 cm³/mol. The van der Waals surface area contributed by atoms with Gasteiger partial charge in [-0.25, -0.2) is 0 Å². The van der Waals surface area contributed by atoms with E-state index in [9.17, 15) is 0 Å². The molecule has 0 saturated carbocycles. The molecule has 1 atom stereocenters. The Hall–Kier alpha value is -1.29. The molecule has 1 fully saturated rings. The highest BCUT2D eigenvalue weighted by Gasteiger charge is 2.15. The zero-order valence-electron chi connectivity index (χ0n) is 16.8. The summed E-state index contributed by atoms with van der Waals surface area (Å²) in [5.41, 5.74) is 2.24. The highest BCUT2D eigenvalue weighted by atomic mass is 127. The molecule has 0 aliphatic carbocycles. The van der Waals surface area contributed by atoms with E-state index in [1.165, 1.54) is 24.3 Å². The van der Waals surface area contributed by atoms with Crippen molar-refractivity contribution in [2.75, 3.05) is 40.1 Å². The lowest BCUT2D eigenvalue weighted by molar-refractivity contribution is 0.398. The molecule has 2 heterocycles. The van der Waals surface area contributed by atoms with Crippen molar-refractivity contribution >= 4 is 52.6 Å². The van der Waals surface area contributed by atoms with Gasteiger partial charge in [0.15, 0.2) is 5.96 Å². The van der Waals surface area contributed by atoms with Gasteiger partial charge in [-0.3, -0.25) is 4.99 Å². The van der Waals surface area contributed by atoms with Crippen molar-refractivity contribution in [2.24, 2.45) is 4.99 Å². The summed E-state index contributed by atoms with van der Waals surface area (Å²) in [7, 11) is 5.18. The number of halogens is 1. The molecule has 1 saturated heterocycles. The molecular weight excluding hydrogens is 487 g/mol. The van der Waals surface area contributed by atoms with Crippen molar-refractivity contribution in [2.45, 2.75) is 30.9 Å². The van der Waals surface area contributed by atoms with Gasteiger partial charge in [0.05, 0.1) is 19.7 Å². The van der Waals surface area contributed by atoms with Gasteiger partial charge in [-0.2, -0.15) is 11.8 Å². The first-order valence-electron chi connectivity index (χ1n) is 9.53. The van der Waals surface area contributed by atoms with E-state index in [4.69, 9.17) is 9.47 Å². The van der Waals surface area contributed by atoms with Crippen LogP contribution in [0.3, 0.4) is 0 Å². The van der Waals surface area contributed by atoms with Crippen molar-refractivity contribution in [3.8, 4) is 11.5 Å². The first-order valence-corrected chi connectivity index (χ1v) is 10.6. The third kappa shape index (κ3) is 6.10. The number of nitrogens with zero attached hydrogens (tertiary/aromatic N) is 1. The van der Waals surface area contributed by atoms with Crippen LogP contribution in [0.2, 0.25) is 0 Å². The monoisotopic (exact) mass is 518 g/mol. The van der Waals surface area contributed by atoms with Gasteiger partial charge in [0.2, 0.25) is 0 Å².